The maximum Gasteiger partial charge on any atom is 0.255 e. The third-order valence-electron chi connectivity index (χ3n) is 3.13. The summed E-state index contributed by atoms with van der Waals surface area (Å²) in [7, 11) is -2.12. The molecule has 23 heavy (non-hydrogen) atoms. The summed E-state index contributed by atoms with van der Waals surface area (Å²) >= 11 is 3.37. The van der Waals surface area contributed by atoms with Crippen LogP contribution in [0.25, 0.3) is 0 Å². The number of halogens is 1. The van der Waals surface area contributed by atoms with Gasteiger partial charge in [0.15, 0.2) is 9.84 Å². The van der Waals surface area contributed by atoms with Crippen molar-refractivity contribution < 1.29 is 17.9 Å². The molecule has 0 radical (unpaired) electrons. The first-order chi connectivity index (χ1) is 10.7. The van der Waals surface area contributed by atoms with Gasteiger partial charge in [-0.25, -0.2) is 8.42 Å². The minimum absolute atomic E-state index is 0.0157. The fourth-order valence-electron chi connectivity index (χ4n) is 2.12. The van der Waals surface area contributed by atoms with Gasteiger partial charge in [0.25, 0.3) is 5.91 Å². The molecule has 0 atom stereocenters. The van der Waals surface area contributed by atoms with Gasteiger partial charge < -0.3 is 10.1 Å². The van der Waals surface area contributed by atoms with E-state index >= 15 is 0 Å². The SMILES string of the molecule is COc1ccc(C(=O)Nc2cc(C)cc(Br)c2)cc1S(C)(=O)=O. The number of ether oxygens (including phenoxy) is 1. The summed E-state index contributed by atoms with van der Waals surface area (Å²) < 4.78 is 29.5. The zero-order chi connectivity index (χ0) is 17.2. The normalized spacial score (nSPS) is 11.1. The molecule has 0 fully saturated rings. The first-order valence-electron chi connectivity index (χ1n) is 6.67. The van der Waals surface area contributed by atoms with E-state index in [2.05, 4.69) is 21.2 Å². The molecular weight excluding hydrogens is 382 g/mol. The van der Waals surface area contributed by atoms with Crippen molar-refractivity contribution in [1.82, 2.24) is 0 Å². The quantitative estimate of drug-likeness (QED) is 0.857. The van der Waals surface area contributed by atoms with Crippen molar-refractivity contribution in [3.8, 4) is 5.75 Å². The summed E-state index contributed by atoms with van der Waals surface area (Å²) in [5.41, 5.74) is 1.85. The molecule has 0 heterocycles. The zero-order valence-corrected chi connectivity index (χ0v) is 15.3. The molecule has 0 saturated heterocycles. The van der Waals surface area contributed by atoms with Gasteiger partial charge in [0.1, 0.15) is 10.6 Å². The Morgan fingerprint density at radius 2 is 1.87 bits per heavy atom. The summed E-state index contributed by atoms with van der Waals surface area (Å²) in [6.07, 6.45) is 1.07. The molecule has 0 aliphatic carbocycles. The molecular formula is C16H16BrNO4S. The Labute approximate surface area is 143 Å². The molecule has 2 rings (SSSR count). The van der Waals surface area contributed by atoms with Crippen LogP contribution in [0.5, 0.6) is 5.75 Å². The molecule has 2 aromatic rings. The molecule has 5 nitrogen and oxygen atoms in total. The number of rotatable bonds is 4. The highest BCUT2D eigenvalue weighted by Crippen LogP contribution is 2.26. The third kappa shape index (κ3) is 4.33. The van der Waals surface area contributed by atoms with Gasteiger partial charge in [0, 0.05) is 22.0 Å². The van der Waals surface area contributed by atoms with Gasteiger partial charge in [-0.2, -0.15) is 0 Å². The van der Waals surface area contributed by atoms with Gasteiger partial charge in [0.2, 0.25) is 0 Å². The number of methoxy groups -OCH3 is 1. The predicted molar refractivity (Wildman–Crippen MR) is 92.9 cm³/mol. The van der Waals surface area contributed by atoms with Crippen molar-refractivity contribution in [3.05, 3.63) is 52.0 Å². The van der Waals surface area contributed by atoms with Crippen LogP contribution >= 0.6 is 15.9 Å². The lowest BCUT2D eigenvalue weighted by Crippen LogP contribution is -2.13. The number of aryl methyl sites for hydroxylation is 1. The van der Waals surface area contributed by atoms with Gasteiger partial charge in [-0.15, -0.1) is 0 Å². The highest BCUT2D eigenvalue weighted by molar-refractivity contribution is 9.10. The van der Waals surface area contributed by atoms with Gasteiger partial charge >= 0.3 is 0 Å². The zero-order valence-electron chi connectivity index (χ0n) is 12.9. The molecule has 2 aromatic carbocycles. The number of anilines is 1. The highest BCUT2D eigenvalue weighted by Gasteiger charge is 2.17. The van der Waals surface area contributed by atoms with Gasteiger partial charge in [-0.3, -0.25) is 4.79 Å². The Hall–Kier alpha value is -1.86. The number of amides is 1. The fraction of sp³-hybridized carbons (Fsp3) is 0.188. The van der Waals surface area contributed by atoms with Crippen molar-refractivity contribution in [2.75, 3.05) is 18.7 Å². The van der Waals surface area contributed by atoms with E-state index in [0.717, 1.165) is 16.3 Å². The van der Waals surface area contributed by atoms with E-state index in [0.29, 0.717) is 5.69 Å². The Morgan fingerprint density at radius 3 is 2.43 bits per heavy atom. The van der Waals surface area contributed by atoms with E-state index in [1.54, 1.807) is 6.07 Å². The van der Waals surface area contributed by atoms with Crippen molar-refractivity contribution in [2.24, 2.45) is 0 Å². The molecule has 0 spiro atoms. The summed E-state index contributed by atoms with van der Waals surface area (Å²) in [5.74, 6) is -0.183. The van der Waals surface area contributed by atoms with Gasteiger partial charge in [-0.1, -0.05) is 15.9 Å². The molecule has 0 aromatic heterocycles. The summed E-state index contributed by atoms with van der Waals surface area (Å²) in [5, 5.41) is 2.75. The second kappa shape index (κ2) is 6.72. The second-order valence-electron chi connectivity index (χ2n) is 5.11. The maximum atomic E-state index is 12.4. The number of benzene rings is 2. The average Bonchev–Trinajstić information content (AvgIpc) is 2.44. The van der Waals surface area contributed by atoms with Crippen LogP contribution in [0.15, 0.2) is 45.8 Å². The van der Waals surface area contributed by atoms with Crippen LogP contribution in [-0.4, -0.2) is 27.7 Å². The standard InChI is InChI=1S/C16H16BrNO4S/c1-10-6-12(17)9-13(7-10)18-16(19)11-4-5-14(22-2)15(8-11)23(3,20)21/h4-9H,1-3H3,(H,18,19). The van der Waals surface area contributed by atoms with Crippen LogP contribution in [0.2, 0.25) is 0 Å². The molecule has 1 amide bonds. The summed E-state index contributed by atoms with van der Waals surface area (Å²) in [4.78, 5) is 12.3. The lowest BCUT2D eigenvalue weighted by molar-refractivity contribution is 0.102. The first kappa shape index (κ1) is 17.5. The van der Waals surface area contributed by atoms with E-state index in [1.807, 2.05) is 19.1 Å². The Morgan fingerprint density at radius 1 is 1.17 bits per heavy atom. The van der Waals surface area contributed by atoms with E-state index < -0.39 is 15.7 Å². The molecule has 0 unspecified atom stereocenters. The molecule has 0 bridgehead atoms. The topological polar surface area (TPSA) is 72.5 Å². The van der Waals surface area contributed by atoms with Crippen LogP contribution in [0.3, 0.4) is 0 Å². The van der Waals surface area contributed by atoms with E-state index in [9.17, 15) is 13.2 Å². The molecule has 0 aliphatic rings. The number of carbonyl (C=O) groups is 1. The molecule has 0 aliphatic heterocycles. The Bertz CT molecular complexity index is 842. The first-order valence-corrected chi connectivity index (χ1v) is 9.36. The van der Waals surface area contributed by atoms with Crippen LogP contribution in [0.1, 0.15) is 15.9 Å². The number of sulfone groups is 1. The highest BCUT2D eigenvalue weighted by atomic mass is 79.9. The van der Waals surface area contributed by atoms with Crippen LogP contribution in [0, 0.1) is 6.92 Å². The second-order valence-corrected chi connectivity index (χ2v) is 8.01. The molecule has 1 N–H and O–H groups in total. The third-order valence-corrected chi connectivity index (χ3v) is 4.70. The van der Waals surface area contributed by atoms with Gasteiger partial charge in [-0.05, 0) is 48.9 Å². The van der Waals surface area contributed by atoms with E-state index in [1.165, 1.54) is 25.3 Å². The van der Waals surface area contributed by atoms with Crippen LogP contribution in [0.4, 0.5) is 5.69 Å². The lowest BCUT2D eigenvalue weighted by Gasteiger charge is -2.10. The summed E-state index contributed by atoms with van der Waals surface area (Å²) in [6, 6.07) is 9.82. The van der Waals surface area contributed by atoms with Crippen molar-refractivity contribution >= 4 is 37.4 Å². The Kier molecular flexibility index (Phi) is 5.11. The van der Waals surface area contributed by atoms with Crippen molar-refractivity contribution in [3.63, 3.8) is 0 Å². The van der Waals surface area contributed by atoms with Gasteiger partial charge in [0.05, 0.1) is 7.11 Å². The molecule has 7 heteroatoms. The van der Waals surface area contributed by atoms with Crippen molar-refractivity contribution in [1.29, 1.82) is 0 Å². The van der Waals surface area contributed by atoms with E-state index in [-0.39, 0.29) is 16.2 Å². The monoisotopic (exact) mass is 397 g/mol. The average molecular weight is 398 g/mol. The number of nitrogens with one attached hydrogen (secondary N) is 1. The lowest BCUT2D eigenvalue weighted by atomic mass is 10.2. The smallest absolute Gasteiger partial charge is 0.255 e. The largest absolute Gasteiger partial charge is 0.495 e. The number of hydrogen-bond acceptors (Lipinski definition) is 4. The number of carbonyl (C=O) groups excluding carboxylic acids is 1. The fourth-order valence-corrected chi connectivity index (χ4v) is 3.59. The van der Waals surface area contributed by atoms with Crippen molar-refractivity contribution in [2.45, 2.75) is 11.8 Å². The number of hydrogen-bond donors (Lipinski definition) is 1. The predicted octanol–water partition coefficient (Wildman–Crippen LogP) is 3.42. The molecule has 0 saturated carbocycles. The van der Waals surface area contributed by atoms with Crippen LogP contribution < -0.4 is 10.1 Å². The maximum absolute atomic E-state index is 12.4. The summed E-state index contributed by atoms with van der Waals surface area (Å²) in [6.45, 7) is 1.91. The van der Waals surface area contributed by atoms with Crippen LogP contribution in [-0.2, 0) is 9.84 Å². The Balaban J connectivity index is 2.36. The minimum atomic E-state index is -3.50. The minimum Gasteiger partial charge on any atom is -0.495 e. The molecule has 122 valence electrons. The van der Waals surface area contributed by atoms with E-state index in [4.69, 9.17) is 4.74 Å².